The van der Waals surface area contributed by atoms with Crippen molar-refractivity contribution in [2.75, 3.05) is 5.32 Å². The summed E-state index contributed by atoms with van der Waals surface area (Å²) in [5.41, 5.74) is 1.71. The number of hydrogen-bond donors (Lipinski definition) is 1. The molecule has 0 spiro atoms. The molecule has 0 aliphatic rings. The van der Waals surface area contributed by atoms with Gasteiger partial charge in [-0.25, -0.2) is 0 Å². The van der Waals surface area contributed by atoms with Crippen LogP contribution in [0, 0.1) is 6.92 Å². The second-order valence-corrected chi connectivity index (χ2v) is 4.96. The fraction of sp³-hybridized carbons (Fsp3) is 0.0909. The van der Waals surface area contributed by atoms with Crippen LogP contribution in [0.3, 0.4) is 0 Å². The Bertz CT molecular complexity index is 767. The first-order valence-electron chi connectivity index (χ1n) is 5.30. The van der Waals surface area contributed by atoms with Gasteiger partial charge in [0.2, 0.25) is 0 Å². The highest BCUT2D eigenvalue weighted by molar-refractivity contribution is 7.08. The molecule has 0 saturated heterocycles. The van der Waals surface area contributed by atoms with Crippen LogP contribution in [0.4, 0.5) is 6.01 Å². The van der Waals surface area contributed by atoms with E-state index < -0.39 is 0 Å². The molecule has 0 unspecified atom stereocenters. The summed E-state index contributed by atoms with van der Waals surface area (Å²) in [4.78, 5) is 16.5. The van der Waals surface area contributed by atoms with Gasteiger partial charge in [0.05, 0.1) is 5.69 Å². The van der Waals surface area contributed by atoms with E-state index in [0.29, 0.717) is 26.7 Å². The number of halogens is 1. The van der Waals surface area contributed by atoms with Crippen LogP contribution in [0.2, 0.25) is 5.02 Å². The van der Waals surface area contributed by atoms with E-state index in [2.05, 4.69) is 19.9 Å². The maximum atomic E-state index is 11.9. The number of aryl methyl sites for hydroxylation is 1. The number of amides is 1. The highest BCUT2D eigenvalue weighted by atomic mass is 35.5. The van der Waals surface area contributed by atoms with E-state index >= 15 is 0 Å². The maximum Gasteiger partial charge on any atom is 0.302 e. The van der Waals surface area contributed by atoms with E-state index in [0.717, 1.165) is 11.5 Å². The summed E-state index contributed by atoms with van der Waals surface area (Å²) < 4.78 is 9.09. The molecule has 0 aliphatic heterocycles. The number of oxazole rings is 1. The minimum absolute atomic E-state index is 0.120. The van der Waals surface area contributed by atoms with Gasteiger partial charge in [0.25, 0.3) is 5.91 Å². The molecule has 0 saturated carbocycles. The van der Waals surface area contributed by atoms with Crippen molar-refractivity contribution in [2.45, 2.75) is 6.92 Å². The lowest BCUT2D eigenvalue weighted by atomic mass is 10.3. The molecule has 3 rings (SSSR count). The average molecular weight is 295 g/mol. The Hall–Kier alpha value is -1.99. The minimum Gasteiger partial charge on any atom is -0.423 e. The number of anilines is 1. The van der Waals surface area contributed by atoms with Gasteiger partial charge in [0, 0.05) is 5.02 Å². The molecule has 0 aliphatic carbocycles. The van der Waals surface area contributed by atoms with E-state index in [1.54, 1.807) is 25.1 Å². The molecule has 3 aromatic rings. The number of hydrogen-bond acceptors (Lipinski definition) is 6. The van der Waals surface area contributed by atoms with Crippen molar-refractivity contribution in [1.29, 1.82) is 0 Å². The Morgan fingerprint density at radius 1 is 1.47 bits per heavy atom. The van der Waals surface area contributed by atoms with Crippen molar-refractivity contribution in [1.82, 2.24) is 14.6 Å². The number of carbonyl (C=O) groups is 1. The first kappa shape index (κ1) is 12.1. The standard InChI is InChI=1S/C11H7ClN4O2S/c1-5-9(19-16-15-5)10(17)14-11-13-7-4-6(12)2-3-8(7)18-11/h2-4H,1H3,(H,13,14,17). The monoisotopic (exact) mass is 294 g/mol. The quantitative estimate of drug-likeness (QED) is 0.786. The lowest BCUT2D eigenvalue weighted by Crippen LogP contribution is -2.11. The Balaban J connectivity index is 1.89. The number of rotatable bonds is 2. The first-order valence-corrected chi connectivity index (χ1v) is 6.45. The molecular formula is C11H7ClN4O2S. The predicted molar refractivity (Wildman–Crippen MR) is 71.6 cm³/mol. The Kier molecular flexibility index (Phi) is 2.92. The normalized spacial score (nSPS) is 10.8. The van der Waals surface area contributed by atoms with Gasteiger partial charge in [0.1, 0.15) is 10.4 Å². The van der Waals surface area contributed by atoms with Gasteiger partial charge in [0.15, 0.2) is 5.58 Å². The van der Waals surface area contributed by atoms with Crippen molar-refractivity contribution in [3.05, 3.63) is 33.8 Å². The molecule has 1 N–H and O–H groups in total. The number of benzene rings is 1. The van der Waals surface area contributed by atoms with Crippen molar-refractivity contribution < 1.29 is 9.21 Å². The largest absolute Gasteiger partial charge is 0.423 e. The Morgan fingerprint density at radius 3 is 3.05 bits per heavy atom. The number of aromatic nitrogens is 3. The van der Waals surface area contributed by atoms with E-state index in [1.165, 1.54) is 0 Å². The molecule has 19 heavy (non-hydrogen) atoms. The van der Waals surface area contributed by atoms with Crippen LogP contribution in [0.25, 0.3) is 11.1 Å². The van der Waals surface area contributed by atoms with Crippen LogP contribution in [0.5, 0.6) is 0 Å². The fourth-order valence-corrected chi connectivity index (χ4v) is 2.27. The lowest BCUT2D eigenvalue weighted by Gasteiger charge is -1.96. The van der Waals surface area contributed by atoms with Gasteiger partial charge < -0.3 is 4.42 Å². The van der Waals surface area contributed by atoms with Gasteiger partial charge in [-0.15, -0.1) is 5.10 Å². The Morgan fingerprint density at radius 2 is 2.32 bits per heavy atom. The van der Waals surface area contributed by atoms with Crippen LogP contribution in [0.15, 0.2) is 22.6 Å². The number of carbonyl (C=O) groups excluding carboxylic acids is 1. The summed E-state index contributed by atoms with van der Waals surface area (Å²) in [5.74, 6) is -0.342. The van der Waals surface area contributed by atoms with Gasteiger partial charge in [-0.2, -0.15) is 4.98 Å². The zero-order valence-electron chi connectivity index (χ0n) is 9.68. The van der Waals surface area contributed by atoms with Crippen molar-refractivity contribution in [2.24, 2.45) is 0 Å². The molecule has 6 nitrogen and oxygen atoms in total. The van der Waals surface area contributed by atoms with Gasteiger partial charge in [-0.1, -0.05) is 16.1 Å². The molecular weight excluding hydrogens is 288 g/mol. The zero-order valence-corrected chi connectivity index (χ0v) is 11.2. The van der Waals surface area contributed by atoms with E-state index in [4.69, 9.17) is 16.0 Å². The molecule has 2 heterocycles. The van der Waals surface area contributed by atoms with Gasteiger partial charge in [-0.3, -0.25) is 10.1 Å². The first-order chi connectivity index (χ1) is 9.13. The van der Waals surface area contributed by atoms with Crippen LogP contribution in [0.1, 0.15) is 15.4 Å². The molecule has 2 aromatic heterocycles. The molecule has 96 valence electrons. The van der Waals surface area contributed by atoms with E-state index in [1.807, 2.05) is 0 Å². The molecule has 0 fully saturated rings. The summed E-state index contributed by atoms with van der Waals surface area (Å²) in [6, 6.07) is 5.17. The third-order valence-corrected chi connectivity index (χ3v) is 3.49. The minimum atomic E-state index is -0.342. The third-order valence-electron chi connectivity index (χ3n) is 2.43. The molecule has 0 bridgehead atoms. The van der Waals surface area contributed by atoms with Crippen LogP contribution < -0.4 is 5.32 Å². The molecule has 1 amide bonds. The SMILES string of the molecule is Cc1nnsc1C(=O)Nc1nc2cc(Cl)ccc2o1. The van der Waals surface area contributed by atoms with Gasteiger partial charge >= 0.3 is 6.01 Å². The average Bonchev–Trinajstić information content (AvgIpc) is 2.94. The van der Waals surface area contributed by atoms with Crippen molar-refractivity contribution in [3.8, 4) is 0 Å². The molecule has 0 atom stereocenters. The summed E-state index contributed by atoms with van der Waals surface area (Å²) in [6.45, 7) is 1.71. The topological polar surface area (TPSA) is 80.9 Å². The van der Waals surface area contributed by atoms with Crippen LogP contribution in [-0.2, 0) is 0 Å². The third kappa shape index (κ3) is 2.29. The number of fused-ring (bicyclic) bond motifs is 1. The number of nitrogens with one attached hydrogen (secondary N) is 1. The summed E-state index contributed by atoms with van der Waals surface area (Å²) in [5, 5.41) is 6.89. The Labute approximate surface area is 116 Å². The lowest BCUT2D eigenvalue weighted by molar-refractivity contribution is 0.102. The zero-order chi connectivity index (χ0) is 13.4. The van der Waals surface area contributed by atoms with E-state index in [9.17, 15) is 4.79 Å². The van der Waals surface area contributed by atoms with Crippen molar-refractivity contribution in [3.63, 3.8) is 0 Å². The molecule has 8 heteroatoms. The smallest absolute Gasteiger partial charge is 0.302 e. The van der Waals surface area contributed by atoms with Crippen molar-refractivity contribution >= 4 is 46.2 Å². The molecule has 1 aromatic carbocycles. The summed E-state index contributed by atoms with van der Waals surface area (Å²) in [6.07, 6.45) is 0. The number of nitrogens with zero attached hydrogens (tertiary/aromatic N) is 3. The predicted octanol–water partition coefficient (Wildman–Crippen LogP) is 2.89. The van der Waals surface area contributed by atoms with Crippen LogP contribution in [-0.4, -0.2) is 20.5 Å². The summed E-state index contributed by atoms with van der Waals surface area (Å²) >= 11 is 6.87. The van der Waals surface area contributed by atoms with E-state index in [-0.39, 0.29) is 11.9 Å². The maximum absolute atomic E-state index is 11.9. The highest BCUT2D eigenvalue weighted by Gasteiger charge is 2.16. The second kappa shape index (κ2) is 4.60. The fourth-order valence-electron chi connectivity index (χ4n) is 1.55. The van der Waals surface area contributed by atoms with Gasteiger partial charge in [-0.05, 0) is 36.7 Å². The highest BCUT2D eigenvalue weighted by Crippen LogP contribution is 2.23. The molecule has 0 radical (unpaired) electrons. The second-order valence-electron chi connectivity index (χ2n) is 3.77. The summed E-state index contributed by atoms with van der Waals surface area (Å²) in [7, 11) is 0. The van der Waals surface area contributed by atoms with Crippen LogP contribution >= 0.6 is 23.1 Å².